The predicted octanol–water partition coefficient (Wildman–Crippen LogP) is 5.49. The molecule has 0 amide bonds. The molecule has 4 aromatic rings. The number of hydrogen-bond donors (Lipinski definition) is 0. The van der Waals surface area contributed by atoms with Gasteiger partial charge in [-0.3, -0.25) is 0 Å². The van der Waals surface area contributed by atoms with Gasteiger partial charge >= 0.3 is 0 Å². The van der Waals surface area contributed by atoms with Crippen LogP contribution in [0.3, 0.4) is 0 Å². The molecule has 0 bridgehead atoms. The summed E-state index contributed by atoms with van der Waals surface area (Å²) < 4.78 is 11.7. The van der Waals surface area contributed by atoms with Crippen molar-refractivity contribution in [1.29, 1.82) is 10.5 Å². The first-order valence-electron chi connectivity index (χ1n) is 8.60. The number of fused-ring (bicyclic) bond motifs is 2. The van der Waals surface area contributed by atoms with Gasteiger partial charge in [-0.05, 0) is 61.4 Å². The summed E-state index contributed by atoms with van der Waals surface area (Å²) in [5.41, 5.74) is 2.76. The Bertz CT molecular complexity index is 1070. The second kappa shape index (κ2) is 6.78. The van der Waals surface area contributed by atoms with Gasteiger partial charge in [0.1, 0.15) is 22.7 Å². The van der Waals surface area contributed by atoms with Crippen molar-refractivity contribution in [3.05, 3.63) is 71.2 Å². The molecular weight excluding hydrogens is 324 g/mol. The van der Waals surface area contributed by atoms with Crippen molar-refractivity contribution in [2.75, 3.05) is 0 Å². The van der Waals surface area contributed by atoms with E-state index in [4.69, 9.17) is 19.4 Å². The zero-order valence-electron chi connectivity index (χ0n) is 14.2. The third-order valence-corrected chi connectivity index (χ3v) is 4.50. The molecule has 0 spiro atoms. The van der Waals surface area contributed by atoms with Gasteiger partial charge in [0.2, 0.25) is 0 Å². The largest absolute Gasteiger partial charge is 0.461 e. The van der Waals surface area contributed by atoms with Crippen LogP contribution in [-0.4, -0.2) is 0 Å². The number of benzene rings is 2. The standard InChI is InChI=1S/C22H16N2O2/c23-13-15-5-7-17-11-19(25-21(17)9-15)3-1-2-4-20-12-18-8-6-16(14-24)10-22(18)26-20/h5-12H,1-4H2. The zero-order valence-corrected chi connectivity index (χ0v) is 14.2. The molecule has 0 aliphatic heterocycles. The van der Waals surface area contributed by atoms with E-state index >= 15 is 0 Å². The van der Waals surface area contributed by atoms with E-state index in [2.05, 4.69) is 12.1 Å². The summed E-state index contributed by atoms with van der Waals surface area (Å²) in [5.74, 6) is 1.89. The molecule has 4 nitrogen and oxygen atoms in total. The molecule has 2 aromatic carbocycles. The lowest BCUT2D eigenvalue weighted by molar-refractivity contribution is 0.509. The maximum atomic E-state index is 8.95. The van der Waals surface area contributed by atoms with E-state index in [9.17, 15) is 0 Å². The molecule has 0 aliphatic carbocycles. The van der Waals surface area contributed by atoms with Crippen LogP contribution in [0.25, 0.3) is 21.9 Å². The first-order chi connectivity index (χ1) is 12.7. The van der Waals surface area contributed by atoms with Crippen LogP contribution in [0.15, 0.2) is 57.4 Å². The smallest absolute Gasteiger partial charge is 0.135 e. The molecule has 4 heteroatoms. The van der Waals surface area contributed by atoms with E-state index in [1.165, 1.54) is 0 Å². The fourth-order valence-corrected chi connectivity index (χ4v) is 3.16. The van der Waals surface area contributed by atoms with Crippen LogP contribution < -0.4 is 0 Å². The van der Waals surface area contributed by atoms with Gasteiger partial charge in [-0.1, -0.05) is 0 Å². The van der Waals surface area contributed by atoms with Crippen molar-refractivity contribution < 1.29 is 8.83 Å². The van der Waals surface area contributed by atoms with E-state index in [0.717, 1.165) is 59.1 Å². The first kappa shape index (κ1) is 16.0. The molecule has 2 aromatic heterocycles. The number of nitrogens with zero attached hydrogens (tertiary/aromatic N) is 2. The minimum Gasteiger partial charge on any atom is -0.461 e. The maximum Gasteiger partial charge on any atom is 0.135 e. The van der Waals surface area contributed by atoms with Gasteiger partial charge in [0.05, 0.1) is 23.3 Å². The Kier molecular flexibility index (Phi) is 4.17. The summed E-state index contributed by atoms with van der Waals surface area (Å²) in [7, 11) is 0. The Morgan fingerprint density at radius 1 is 0.654 bits per heavy atom. The monoisotopic (exact) mass is 340 g/mol. The second-order valence-electron chi connectivity index (χ2n) is 6.36. The van der Waals surface area contributed by atoms with Gasteiger partial charge in [-0.15, -0.1) is 0 Å². The highest BCUT2D eigenvalue weighted by atomic mass is 16.3. The SMILES string of the molecule is N#Cc1ccc2cc(CCCCc3cc4ccc(C#N)cc4o3)oc2c1. The number of unbranched alkanes of at least 4 members (excludes halogenated alkanes) is 1. The van der Waals surface area contributed by atoms with Crippen molar-refractivity contribution >= 4 is 21.9 Å². The lowest BCUT2D eigenvalue weighted by Gasteiger charge is -1.97. The van der Waals surface area contributed by atoms with Gasteiger partial charge in [0, 0.05) is 23.6 Å². The lowest BCUT2D eigenvalue weighted by Crippen LogP contribution is -1.86. The van der Waals surface area contributed by atoms with E-state index in [0.29, 0.717) is 11.1 Å². The fourth-order valence-electron chi connectivity index (χ4n) is 3.16. The first-order valence-corrected chi connectivity index (χ1v) is 8.60. The normalized spacial score (nSPS) is 10.8. The minimum absolute atomic E-state index is 0.614. The summed E-state index contributed by atoms with van der Waals surface area (Å²) in [6.07, 6.45) is 3.70. The molecule has 0 N–H and O–H groups in total. The average Bonchev–Trinajstić information content (AvgIpc) is 3.26. The van der Waals surface area contributed by atoms with Gasteiger partial charge in [0.15, 0.2) is 0 Å². The third-order valence-electron chi connectivity index (χ3n) is 4.50. The number of hydrogen-bond acceptors (Lipinski definition) is 4. The quantitative estimate of drug-likeness (QED) is 0.450. The van der Waals surface area contributed by atoms with E-state index in [1.54, 1.807) is 24.3 Å². The molecule has 4 rings (SSSR count). The second-order valence-corrected chi connectivity index (χ2v) is 6.36. The van der Waals surface area contributed by atoms with Crippen LogP contribution in [0.5, 0.6) is 0 Å². The highest BCUT2D eigenvalue weighted by Gasteiger charge is 2.07. The van der Waals surface area contributed by atoms with Crippen LogP contribution >= 0.6 is 0 Å². The molecule has 0 saturated heterocycles. The van der Waals surface area contributed by atoms with E-state index in [-0.39, 0.29) is 0 Å². The maximum absolute atomic E-state index is 8.95. The van der Waals surface area contributed by atoms with E-state index in [1.807, 2.05) is 24.3 Å². The third kappa shape index (κ3) is 3.18. The Morgan fingerprint density at radius 2 is 1.12 bits per heavy atom. The molecule has 2 heterocycles. The summed E-state index contributed by atoms with van der Waals surface area (Å²) in [6.45, 7) is 0. The number of aryl methyl sites for hydroxylation is 2. The number of nitriles is 2. The minimum atomic E-state index is 0.614. The topological polar surface area (TPSA) is 73.9 Å². The molecule has 0 saturated carbocycles. The molecule has 0 radical (unpaired) electrons. The van der Waals surface area contributed by atoms with Crippen molar-refractivity contribution in [2.45, 2.75) is 25.7 Å². The Hall–Kier alpha value is -3.50. The highest BCUT2D eigenvalue weighted by molar-refractivity contribution is 5.80. The molecule has 0 atom stereocenters. The molecule has 126 valence electrons. The summed E-state index contributed by atoms with van der Waals surface area (Å²) in [4.78, 5) is 0. The van der Waals surface area contributed by atoms with Crippen molar-refractivity contribution in [2.24, 2.45) is 0 Å². The molecular formula is C22H16N2O2. The Labute approximate surface area is 150 Å². The van der Waals surface area contributed by atoms with E-state index < -0.39 is 0 Å². The van der Waals surface area contributed by atoms with Crippen LogP contribution in [0.4, 0.5) is 0 Å². The van der Waals surface area contributed by atoms with Crippen LogP contribution in [0, 0.1) is 22.7 Å². The average molecular weight is 340 g/mol. The molecule has 0 unspecified atom stereocenters. The number of furan rings is 2. The van der Waals surface area contributed by atoms with Crippen molar-refractivity contribution in [3.8, 4) is 12.1 Å². The van der Waals surface area contributed by atoms with Gasteiger partial charge in [-0.2, -0.15) is 10.5 Å². The Morgan fingerprint density at radius 3 is 1.54 bits per heavy atom. The van der Waals surface area contributed by atoms with Gasteiger partial charge < -0.3 is 8.83 Å². The molecule has 0 fully saturated rings. The van der Waals surface area contributed by atoms with Crippen LogP contribution in [0.1, 0.15) is 35.5 Å². The van der Waals surface area contributed by atoms with Crippen molar-refractivity contribution in [3.63, 3.8) is 0 Å². The van der Waals surface area contributed by atoms with Gasteiger partial charge in [0.25, 0.3) is 0 Å². The summed E-state index contributed by atoms with van der Waals surface area (Å²) in [5, 5.41) is 20.0. The summed E-state index contributed by atoms with van der Waals surface area (Å²) >= 11 is 0. The van der Waals surface area contributed by atoms with Gasteiger partial charge in [-0.25, -0.2) is 0 Å². The highest BCUT2D eigenvalue weighted by Crippen LogP contribution is 2.24. The lowest BCUT2D eigenvalue weighted by atomic mass is 10.1. The fraction of sp³-hybridized carbons (Fsp3) is 0.182. The van der Waals surface area contributed by atoms with Crippen LogP contribution in [-0.2, 0) is 12.8 Å². The zero-order chi connectivity index (χ0) is 17.9. The predicted molar refractivity (Wildman–Crippen MR) is 98.5 cm³/mol. The van der Waals surface area contributed by atoms with Crippen molar-refractivity contribution in [1.82, 2.24) is 0 Å². The number of rotatable bonds is 5. The Balaban J connectivity index is 1.36. The van der Waals surface area contributed by atoms with Crippen LogP contribution in [0.2, 0.25) is 0 Å². The molecule has 0 aliphatic rings. The molecule has 26 heavy (non-hydrogen) atoms. The summed E-state index contributed by atoms with van der Waals surface area (Å²) in [6, 6.07) is 19.4.